The van der Waals surface area contributed by atoms with Crippen molar-refractivity contribution in [1.29, 1.82) is 0 Å². The van der Waals surface area contributed by atoms with Gasteiger partial charge in [0.25, 0.3) is 0 Å². The van der Waals surface area contributed by atoms with Gasteiger partial charge in [-0.3, -0.25) is 13.9 Å². The Hall–Kier alpha value is -3.93. The summed E-state index contributed by atoms with van der Waals surface area (Å²) < 4.78 is 56.4. The number of aryl methyl sites for hydroxylation is 1. The molecule has 1 heterocycles. The van der Waals surface area contributed by atoms with E-state index < -0.39 is 22.4 Å². The maximum atomic E-state index is 13.6. The largest absolute Gasteiger partial charge is 0.510 e. The zero-order chi connectivity index (χ0) is 32.7. The van der Waals surface area contributed by atoms with Crippen molar-refractivity contribution in [2.45, 2.75) is 37.2 Å². The van der Waals surface area contributed by atoms with Crippen molar-refractivity contribution >= 4 is 73.5 Å². The molecular formula is C33H28ClF3N2O4S2. The number of fused-ring (bicyclic) bond motifs is 3. The molecule has 0 amide bonds. The molecule has 0 saturated heterocycles. The lowest BCUT2D eigenvalue weighted by atomic mass is 9.99. The van der Waals surface area contributed by atoms with E-state index in [1.165, 1.54) is 11.8 Å². The molecule has 0 bridgehead atoms. The maximum absolute atomic E-state index is 13.6. The van der Waals surface area contributed by atoms with Crippen molar-refractivity contribution in [2.75, 3.05) is 5.75 Å². The average Bonchev–Trinajstić information content (AvgIpc) is 3.34. The highest BCUT2D eigenvalue weighted by Crippen LogP contribution is 2.32. The molecule has 1 aromatic heterocycles. The van der Waals surface area contributed by atoms with E-state index in [0.29, 0.717) is 28.1 Å². The fourth-order valence-corrected chi connectivity index (χ4v) is 5.82. The second kappa shape index (κ2) is 14.9. The minimum Gasteiger partial charge on any atom is -0.341 e. The van der Waals surface area contributed by atoms with E-state index in [1.54, 1.807) is 85.8 Å². The summed E-state index contributed by atoms with van der Waals surface area (Å²) in [6, 6.07) is 17.2. The van der Waals surface area contributed by atoms with E-state index in [-0.39, 0.29) is 29.2 Å². The summed E-state index contributed by atoms with van der Waals surface area (Å²) in [4.78, 5) is 27.6. The van der Waals surface area contributed by atoms with E-state index in [2.05, 4.69) is 16.0 Å². The van der Waals surface area contributed by atoms with Crippen LogP contribution >= 0.6 is 23.4 Å². The summed E-state index contributed by atoms with van der Waals surface area (Å²) in [5.74, 6) is -0.575. The third-order valence-electron chi connectivity index (χ3n) is 6.74. The maximum Gasteiger partial charge on any atom is 0.510 e. The Morgan fingerprint density at radius 2 is 1.60 bits per heavy atom. The number of halogens is 4. The first-order valence-electron chi connectivity index (χ1n) is 13.7. The van der Waals surface area contributed by atoms with Gasteiger partial charge in [0.2, 0.25) is 5.78 Å². The number of rotatable bonds is 13. The van der Waals surface area contributed by atoms with Gasteiger partial charge in [0.05, 0.1) is 0 Å². The van der Waals surface area contributed by atoms with E-state index in [4.69, 9.17) is 11.6 Å². The topological polar surface area (TPSA) is 77.7 Å². The Balaban J connectivity index is 1.72. The van der Waals surface area contributed by atoms with Gasteiger partial charge in [0, 0.05) is 61.6 Å². The van der Waals surface area contributed by atoms with Crippen molar-refractivity contribution in [3.8, 4) is 0 Å². The molecule has 45 heavy (non-hydrogen) atoms. The van der Waals surface area contributed by atoms with Gasteiger partial charge < -0.3 is 4.57 Å². The second-order valence-electron chi connectivity index (χ2n) is 9.68. The van der Waals surface area contributed by atoms with Gasteiger partial charge in [-0.05, 0) is 80.1 Å². The number of aromatic nitrogens is 1. The fourth-order valence-electron chi connectivity index (χ4n) is 4.59. The summed E-state index contributed by atoms with van der Waals surface area (Å²) in [5.41, 5.74) is -2.70. The van der Waals surface area contributed by atoms with Crippen LogP contribution in [0.25, 0.3) is 21.8 Å². The zero-order valence-corrected chi connectivity index (χ0v) is 26.7. The molecule has 6 nitrogen and oxygen atoms in total. The van der Waals surface area contributed by atoms with Crippen LogP contribution < -0.4 is 0 Å². The Kier molecular flexibility index (Phi) is 11.2. The first-order chi connectivity index (χ1) is 21.4. The Morgan fingerprint density at radius 3 is 2.16 bits per heavy atom. The number of carbonyl (C=O) groups is 2. The van der Waals surface area contributed by atoms with Gasteiger partial charge in [-0.15, -0.1) is 11.8 Å². The molecule has 0 saturated carbocycles. The third kappa shape index (κ3) is 8.22. The first-order valence-corrected chi connectivity index (χ1v) is 16.1. The average molecular weight is 673 g/mol. The molecule has 0 fully saturated rings. The number of Topliss-reactive ketones (excluding diaryl/α,β-unsaturated/α-hetero) is 2. The van der Waals surface area contributed by atoms with Gasteiger partial charge in [0.1, 0.15) is 5.71 Å². The molecule has 1 unspecified atom stereocenters. The molecular weight excluding hydrogens is 645 g/mol. The number of benzene rings is 3. The second-order valence-corrected chi connectivity index (χ2v) is 12.4. The van der Waals surface area contributed by atoms with Gasteiger partial charge in [-0.2, -0.15) is 13.2 Å². The molecule has 4 rings (SSSR count). The van der Waals surface area contributed by atoms with E-state index in [0.717, 1.165) is 21.3 Å². The Morgan fingerprint density at radius 1 is 1.00 bits per heavy atom. The number of nitrogens with zero attached hydrogens (tertiary/aromatic N) is 2. The molecule has 0 aliphatic heterocycles. The van der Waals surface area contributed by atoms with E-state index in [9.17, 15) is 27.0 Å². The lowest BCUT2D eigenvalue weighted by molar-refractivity contribution is -0.0471. The monoisotopic (exact) mass is 672 g/mol. The molecule has 0 aliphatic rings. The van der Waals surface area contributed by atoms with Crippen LogP contribution in [0, 0.1) is 0 Å². The standard InChI is InChI=1S/C33H28ClF3N2O4S2/c1-4-6-7-8-21(3)31(40)22-9-15-29-26(19-22)27-20-23(10-16-30(27)39(29)5-2)32(41)28(38-43-45(42)33(35,36)37)17-18-44-25-13-11-24(34)12-14-25/h4,6-16,19-20H,1,5,17-18H2,2-3H3/b7-6-,21-8+,38-28+. The van der Waals surface area contributed by atoms with E-state index >= 15 is 0 Å². The van der Waals surface area contributed by atoms with Crippen LogP contribution in [0.4, 0.5) is 13.2 Å². The minimum absolute atomic E-state index is 0.0689. The van der Waals surface area contributed by atoms with Crippen LogP contribution in [0.3, 0.4) is 0 Å². The Labute approximate surface area is 269 Å². The zero-order valence-electron chi connectivity index (χ0n) is 24.3. The normalized spacial score (nSPS) is 13.5. The van der Waals surface area contributed by atoms with E-state index in [1.807, 2.05) is 17.6 Å². The quantitative estimate of drug-likeness (QED) is 0.0353. The summed E-state index contributed by atoms with van der Waals surface area (Å²) in [5, 5.41) is 5.36. The third-order valence-corrected chi connectivity index (χ3v) is 8.60. The summed E-state index contributed by atoms with van der Waals surface area (Å²) in [6.45, 7) is 7.91. The lowest BCUT2D eigenvalue weighted by Crippen LogP contribution is -2.20. The minimum atomic E-state index is -5.17. The van der Waals surface area contributed by atoms with Crippen LogP contribution in [0.15, 0.2) is 107 Å². The Bertz CT molecular complexity index is 1880. The number of hydrogen-bond donors (Lipinski definition) is 0. The number of carbonyl (C=O) groups excluding carboxylic acids is 2. The molecule has 0 N–H and O–H groups in total. The van der Waals surface area contributed by atoms with Crippen molar-refractivity contribution in [2.24, 2.45) is 5.16 Å². The van der Waals surface area contributed by atoms with Crippen LogP contribution in [0.2, 0.25) is 5.02 Å². The molecule has 4 aromatic rings. The highest BCUT2D eigenvalue weighted by molar-refractivity contribution is 7.99. The number of allylic oxidation sites excluding steroid dienone is 5. The predicted molar refractivity (Wildman–Crippen MR) is 176 cm³/mol. The molecule has 234 valence electrons. The van der Waals surface area contributed by atoms with Crippen LogP contribution in [-0.2, 0) is 21.9 Å². The van der Waals surface area contributed by atoms with Crippen molar-refractivity contribution in [1.82, 2.24) is 4.57 Å². The summed E-state index contributed by atoms with van der Waals surface area (Å²) in [6.07, 6.45) is 6.67. The summed E-state index contributed by atoms with van der Waals surface area (Å²) >= 11 is 3.53. The molecule has 0 aliphatic carbocycles. The smallest absolute Gasteiger partial charge is 0.341 e. The fraction of sp³-hybridized carbons (Fsp3) is 0.182. The number of hydrogen-bond acceptors (Lipinski definition) is 6. The van der Waals surface area contributed by atoms with Gasteiger partial charge in [-0.1, -0.05) is 47.6 Å². The molecule has 0 spiro atoms. The van der Waals surface area contributed by atoms with Crippen LogP contribution in [0.1, 0.15) is 41.0 Å². The highest BCUT2D eigenvalue weighted by atomic mass is 35.5. The van der Waals surface area contributed by atoms with Crippen molar-refractivity contribution in [3.63, 3.8) is 0 Å². The number of thioether (sulfide) groups is 1. The number of oxime groups is 1. The van der Waals surface area contributed by atoms with Gasteiger partial charge >= 0.3 is 16.6 Å². The van der Waals surface area contributed by atoms with Crippen molar-refractivity contribution < 1.29 is 31.3 Å². The van der Waals surface area contributed by atoms with Crippen LogP contribution in [0.5, 0.6) is 0 Å². The summed E-state index contributed by atoms with van der Waals surface area (Å²) in [7, 11) is 0. The first kappa shape index (κ1) is 34.0. The number of ketones is 2. The molecule has 0 radical (unpaired) electrons. The molecule has 1 atom stereocenters. The van der Waals surface area contributed by atoms with Gasteiger partial charge in [-0.25, -0.2) is 4.21 Å². The van der Waals surface area contributed by atoms with Crippen molar-refractivity contribution in [3.05, 3.63) is 113 Å². The van der Waals surface area contributed by atoms with Crippen LogP contribution in [-0.4, -0.2) is 37.3 Å². The van der Waals surface area contributed by atoms with Gasteiger partial charge in [0.15, 0.2) is 5.78 Å². The molecule has 3 aromatic carbocycles. The number of alkyl halides is 3. The molecule has 12 heteroatoms. The lowest BCUT2D eigenvalue weighted by Gasteiger charge is -2.08. The SMILES string of the molecule is C=C/C=C\C=C(/C)C(=O)c1ccc2c(c1)c1cc(C(=O)/C(CCSc3ccc(Cl)cc3)=N/OS(=O)C(F)(F)F)ccc1n2CC. The highest BCUT2D eigenvalue weighted by Gasteiger charge is 2.40. The predicted octanol–water partition coefficient (Wildman–Crippen LogP) is 9.26.